The van der Waals surface area contributed by atoms with Gasteiger partial charge in [-0.3, -0.25) is 10.1 Å². The van der Waals surface area contributed by atoms with E-state index in [-0.39, 0.29) is 12.1 Å². The zero-order valence-electron chi connectivity index (χ0n) is 5.85. The Morgan fingerprint density at radius 3 is 2.78 bits per heavy atom. The number of likely N-dealkylation sites (N-methyl/N-ethyl adjacent to an activating group) is 1. The maximum atomic E-state index is 10.8. The Bertz CT molecular complexity index is 124. The van der Waals surface area contributed by atoms with Crippen LogP contribution < -0.4 is 5.32 Å². The van der Waals surface area contributed by atoms with Crippen molar-refractivity contribution in [3.05, 3.63) is 0 Å². The second-order valence-electron chi connectivity index (χ2n) is 2.31. The highest BCUT2D eigenvalue weighted by Gasteiger charge is 2.24. The first-order valence-corrected chi connectivity index (χ1v) is 3.24. The molecule has 1 rings (SSSR count). The van der Waals surface area contributed by atoms with Gasteiger partial charge >= 0.3 is 0 Å². The number of nitrogens with one attached hydrogen (secondary N) is 1. The molecule has 1 aliphatic heterocycles. The zero-order valence-corrected chi connectivity index (χ0v) is 5.85. The van der Waals surface area contributed by atoms with E-state index in [1.54, 1.807) is 4.90 Å². The average Bonchev–Trinajstić information content (AvgIpc) is 2.15. The van der Waals surface area contributed by atoms with Gasteiger partial charge in [0, 0.05) is 7.05 Å². The summed E-state index contributed by atoms with van der Waals surface area (Å²) < 4.78 is 0. The smallest absolute Gasteiger partial charge is 0.237 e. The molecular formula is C6H12N2O. The molecule has 3 nitrogen and oxygen atoms in total. The lowest BCUT2D eigenvalue weighted by molar-refractivity contribution is -0.126. The molecule has 1 amide bonds. The van der Waals surface area contributed by atoms with E-state index in [4.69, 9.17) is 0 Å². The van der Waals surface area contributed by atoms with Gasteiger partial charge in [-0.1, -0.05) is 6.92 Å². The molecular weight excluding hydrogens is 116 g/mol. The molecule has 0 radical (unpaired) electrons. The van der Waals surface area contributed by atoms with Crippen LogP contribution in [-0.4, -0.2) is 30.6 Å². The molecule has 1 heterocycles. The van der Waals surface area contributed by atoms with Gasteiger partial charge in [0.25, 0.3) is 0 Å². The third-order valence-electron chi connectivity index (χ3n) is 1.74. The fraction of sp³-hybridized carbons (Fsp3) is 0.833. The Balaban J connectivity index is 2.51. The second-order valence-corrected chi connectivity index (χ2v) is 2.31. The van der Waals surface area contributed by atoms with Crippen molar-refractivity contribution < 1.29 is 4.79 Å². The highest BCUT2D eigenvalue weighted by Crippen LogP contribution is 2.03. The van der Waals surface area contributed by atoms with Crippen molar-refractivity contribution >= 4 is 5.91 Å². The van der Waals surface area contributed by atoms with Crippen LogP contribution in [0.15, 0.2) is 0 Å². The topological polar surface area (TPSA) is 32.3 Å². The minimum absolute atomic E-state index is 0.196. The Kier molecular flexibility index (Phi) is 1.71. The molecule has 0 aliphatic carbocycles. The van der Waals surface area contributed by atoms with Crippen molar-refractivity contribution in [3.8, 4) is 0 Å². The summed E-state index contributed by atoms with van der Waals surface area (Å²) in [6.07, 6.45) is 1.26. The summed E-state index contributed by atoms with van der Waals surface area (Å²) in [5, 5.41) is 3.08. The summed E-state index contributed by atoms with van der Waals surface area (Å²) in [6, 6.07) is 0. The number of hydrogen-bond acceptors (Lipinski definition) is 2. The van der Waals surface area contributed by atoms with E-state index >= 15 is 0 Å². The van der Waals surface area contributed by atoms with E-state index in [0.717, 1.165) is 6.42 Å². The van der Waals surface area contributed by atoms with E-state index in [2.05, 4.69) is 12.2 Å². The van der Waals surface area contributed by atoms with Crippen LogP contribution in [0.1, 0.15) is 13.3 Å². The lowest BCUT2D eigenvalue weighted by Crippen LogP contribution is -2.33. The van der Waals surface area contributed by atoms with Gasteiger partial charge in [0.05, 0.1) is 12.7 Å². The van der Waals surface area contributed by atoms with Gasteiger partial charge < -0.3 is 4.90 Å². The summed E-state index contributed by atoms with van der Waals surface area (Å²) in [5.41, 5.74) is 0. The fourth-order valence-corrected chi connectivity index (χ4v) is 1.06. The van der Waals surface area contributed by atoms with Gasteiger partial charge in [-0.05, 0) is 6.42 Å². The van der Waals surface area contributed by atoms with Crippen molar-refractivity contribution in [2.75, 3.05) is 13.6 Å². The van der Waals surface area contributed by atoms with Crippen LogP contribution in [0.5, 0.6) is 0 Å². The van der Waals surface area contributed by atoms with Crippen LogP contribution in [-0.2, 0) is 4.79 Å². The third kappa shape index (κ3) is 1.05. The van der Waals surface area contributed by atoms with Crippen molar-refractivity contribution in [2.45, 2.75) is 19.5 Å². The molecule has 1 atom stereocenters. The van der Waals surface area contributed by atoms with Crippen LogP contribution in [0.4, 0.5) is 0 Å². The number of rotatable bonds is 1. The maximum absolute atomic E-state index is 10.8. The number of carbonyl (C=O) groups is 1. The minimum atomic E-state index is 0.196. The molecule has 1 fully saturated rings. The van der Waals surface area contributed by atoms with Crippen LogP contribution in [0, 0.1) is 0 Å². The summed E-state index contributed by atoms with van der Waals surface area (Å²) >= 11 is 0. The summed E-state index contributed by atoms with van der Waals surface area (Å²) in [4.78, 5) is 12.6. The molecule has 3 heteroatoms. The molecule has 0 aromatic carbocycles. The van der Waals surface area contributed by atoms with Crippen LogP contribution in [0.3, 0.4) is 0 Å². The normalized spacial score (nSPS) is 27.6. The first-order chi connectivity index (χ1) is 4.25. The van der Waals surface area contributed by atoms with E-state index in [1.807, 2.05) is 7.05 Å². The van der Waals surface area contributed by atoms with Crippen molar-refractivity contribution in [1.29, 1.82) is 0 Å². The predicted molar refractivity (Wildman–Crippen MR) is 34.9 cm³/mol. The molecule has 1 saturated heterocycles. The minimum Gasteiger partial charge on any atom is -0.329 e. The van der Waals surface area contributed by atoms with Gasteiger partial charge in [0.1, 0.15) is 0 Å². The lowest BCUT2D eigenvalue weighted by atomic mass is 10.4. The molecule has 0 aromatic heterocycles. The molecule has 0 aromatic rings. The highest BCUT2D eigenvalue weighted by atomic mass is 16.2. The molecule has 52 valence electrons. The van der Waals surface area contributed by atoms with E-state index in [1.165, 1.54) is 0 Å². The lowest BCUT2D eigenvalue weighted by Gasteiger charge is -2.16. The van der Waals surface area contributed by atoms with Gasteiger partial charge in [-0.25, -0.2) is 0 Å². The number of nitrogens with zero attached hydrogens (tertiary/aromatic N) is 1. The summed E-state index contributed by atoms with van der Waals surface area (Å²) in [7, 11) is 1.83. The molecule has 0 bridgehead atoms. The Morgan fingerprint density at radius 1 is 1.89 bits per heavy atom. The Morgan fingerprint density at radius 2 is 2.56 bits per heavy atom. The maximum Gasteiger partial charge on any atom is 0.237 e. The summed E-state index contributed by atoms with van der Waals surface area (Å²) in [6.45, 7) is 2.57. The highest BCUT2D eigenvalue weighted by molar-refractivity contribution is 5.80. The predicted octanol–water partition coefficient (Wildman–Crippen LogP) is -0.216. The SMILES string of the molecule is CCC1NCC(=O)N1C. The Labute approximate surface area is 55.0 Å². The largest absolute Gasteiger partial charge is 0.329 e. The van der Waals surface area contributed by atoms with E-state index in [9.17, 15) is 4.79 Å². The van der Waals surface area contributed by atoms with Crippen LogP contribution >= 0.6 is 0 Å². The van der Waals surface area contributed by atoms with Gasteiger partial charge in [0.15, 0.2) is 0 Å². The summed E-state index contributed by atoms with van der Waals surface area (Å²) in [5.74, 6) is 0.196. The first kappa shape index (κ1) is 6.55. The molecule has 1 N–H and O–H groups in total. The number of carbonyl (C=O) groups excluding carboxylic acids is 1. The monoisotopic (exact) mass is 128 g/mol. The van der Waals surface area contributed by atoms with Gasteiger partial charge in [-0.2, -0.15) is 0 Å². The second kappa shape index (κ2) is 2.35. The molecule has 9 heavy (non-hydrogen) atoms. The number of amides is 1. The van der Waals surface area contributed by atoms with E-state index < -0.39 is 0 Å². The van der Waals surface area contributed by atoms with Gasteiger partial charge in [0.2, 0.25) is 5.91 Å². The Hall–Kier alpha value is -0.570. The van der Waals surface area contributed by atoms with Crippen LogP contribution in [0.25, 0.3) is 0 Å². The first-order valence-electron chi connectivity index (χ1n) is 3.24. The van der Waals surface area contributed by atoms with Crippen LogP contribution in [0.2, 0.25) is 0 Å². The number of hydrogen-bond donors (Lipinski definition) is 1. The van der Waals surface area contributed by atoms with Crippen molar-refractivity contribution in [1.82, 2.24) is 10.2 Å². The molecule has 1 unspecified atom stereocenters. The standard InChI is InChI=1S/C6H12N2O/c1-3-5-7-4-6(9)8(5)2/h5,7H,3-4H2,1-2H3. The zero-order chi connectivity index (χ0) is 6.85. The van der Waals surface area contributed by atoms with Gasteiger partial charge in [-0.15, -0.1) is 0 Å². The van der Waals surface area contributed by atoms with E-state index in [0.29, 0.717) is 6.54 Å². The van der Waals surface area contributed by atoms with Crippen molar-refractivity contribution in [3.63, 3.8) is 0 Å². The molecule has 0 spiro atoms. The fourth-order valence-electron chi connectivity index (χ4n) is 1.06. The average molecular weight is 128 g/mol. The molecule has 0 saturated carbocycles. The quantitative estimate of drug-likeness (QED) is 0.529. The van der Waals surface area contributed by atoms with Crippen molar-refractivity contribution in [2.24, 2.45) is 0 Å². The third-order valence-corrected chi connectivity index (χ3v) is 1.74. The molecule has 1 aliphatic rings.